The highest BCUT2D eigenvalue weighted by Gasteiger charge is 2.72. The molecule has 0 radical (unpaired) electrons. The SMILES string of the molecule is CC(=O)OC1C(O)C(C)OC(OC2C(OC(C)(CCC=C(C)C)C3CCC4(C)C3C(O)CC3C5(C)CCC(OC6OC(CO)C(O)C(O)C6OC6OC(CO)C(O)C(O)C6O)C(C)(C)C5CCC34C)OC(CO)C(O)C2O)C1O. The van der Waals surface area contributed by atoms with E-state index in [1.54, 1.807) is 0 Å². The molecule has 0 spiro atoms. The van der Waals surface area contributed by atoms with E-state index in [4.69, 9.17) is 42.6 Å². The van der Waals surface area contributed by atoms with E-state index in [9.17, 15) is 71.2 Å². The number of rotatable bonds is 16. The van der Waals surface area contributed by atoms with Gasteiger partial charge in [-0.3, -0.25) is 4.79 Å². The first-order valence-electron chi connectivity index (χ1n) is 28.6. The Morgan fingerprint density at radius 2 is 1.11 bits per heavy atom. The van der Waals surface area contributed by atoms with Crippen molar-refractivity contribution in [1.82, 2.24) is 0 Å². The number of carbonyl (C=O) groups excluding carboxylic acids is 1. The Balaban J connectivity index is 1.05. The van der Waals surface area contributed by atoms with Gasteiger partial charge in [-0.1, -0.05) is 46.3 Å². The largest absolute Gasteiger partial charge is 0.457 e. The van der Waals surface area contributed by atoms with Gasteiger partial charge in [-0.15, -0.1) is 0 Å². The lowest BCUT2D eigenvalue weighted by Crippen LogP contribution is -2.68. The third-order valence-corrected chi connectivity index (χ3v) is 21.2. The van der Waals surface area contributed by atoms with Crippen molar-refractivity contribution in [1.29, 1.82) is 0 Å². The number of aliphatic hydroxyl groups excluding tert-OH is 13. The first-order valence-corrected chi connectivity index (χ1v) is 28.6. The van der Waals surface area contributed by atoms with Crippen molar-refractivity contribution in [3.8, 4) is 0 Å². The van der Waals surface area contributed by atoms with Crippen LogP contribution in [0.2, 0.25) is 0 Å². The van der Waals surface area contributed by atoms with E-state index in [1.807, 2.05) is 20.8 Å². The molecule has 23 nitrogen and oxygen atoms in total. The second kappa shape index (κ2) is 24.0. The van der Waals surface area contributed by atoms with Crippen LogP contribution in [0.4, 0.5) is 0 Å². The molecule has 456 valence electrons. The number of carbonyl (C=O) groups is 1. The van der Waals surface area contributed by atoms with Gasteiger partial charge >= 0.3 is 5.97 Å². The van der Waals surface area contributed by atoms with Gasteiger partial charge in [-0.25, -0.2) is 0 Å². The fourth-order valence-electron chi connectivity index (χ4n) is 16.6. The lowest BCUT2D eigenvalue weighted by atomic mass is 9.35. The fraction of sp³-hybridized carbons (Fsp3) is 0.946. The van der Waals surface area contributed by atoms with E-state index in [1.165, 1.54) is 6.92 Å². The molecule has 0 aromatic heterocycles. The molecule has 4 heterocycles. The molecule has 4 aliphatic carbocycles. The summed E-state index contributed by atoms with van der Waals surface area (Å²) in [6.45, 7) is 17.7. The van der Waals surface area contributed by atoms with Crippen molar-refractivity contribution < 1.29 is 114 Å². The van der Waals surface area contributed by atoms with Crippen molar-refractivity contribution in [3.63, 3.8) is 0 Å². The molecule has 4 aliphatic heterocycles. The Morgan fingerprint density at radius 3 is 1.68 bits per heavy atom. The number of hydrogen-bond donors (Lipinski definition) is 13. The Kier molecular flexibility index (Phi) is 19.3. The molecule has 4 saturated carbocycles. The summed E-state index contributed by atoms with van der Waals surface area (Å²) < 4.78 is 55.5. The minimum Gasteiger partial charge on any atom is -0.457 e. The Bertz CT molecular complexity index is 2100. The van der Waals surface area contributed by atoms with E-state index in [0.29, 0.717) is 38.5 Å². The highest BCUT2D eigenvalue weighted by molar-refractivity contribution is 5.66. The lowest BCUT2D eigenvalue weighted by Gasteiger charge is -2.71. The van der Waals surface area contributed by atoms with Gasteiger partial charge in [-0.05, 0) is 131 Å². The van der Waals surface area contributed by atoms with Gasteiger partial charge in [0.25, 0.3) is 0 Å². The monoisotopic (exact) mass is 1130 g/mol. The van der Waals surface area contributed by atoms with Crippen LogP contribution in [-0.2, 0) is 47.4 Å². The van der Waals surface area contributed by atoms with E-state index >= 15 is 0 Å². The number of ether oxygens (including phenoxy) is 9. The third kappa shape index (κ3) is 11.3. The maximum atomic E-state index is 13.0. The van der Waals surface area contributed by atoms with Gasteiger partial charge in [0.2, 0.25) is 0 Å². The predicted molar refractivity (Wildman–Crippen MR) is 274 cm³/mol. The number of hydrogen-bond acceptors (Lipinski definition) is 23. The summed E-state index contributed by atoms with van der Waals surface area (Å²) in [4.78, 5) is 12.0. The van der Waals surface area contributed by atoms with E-state index in [0.717, 1.165) is 31.8 Å². The van der Waals surface area contributed by atoms with Crippen molar-refractivity contribution in [2.75, 3.05) is 19.8 Å². The van der Waals surface area contributed by atoms with Gasteiger partial charge in [0.05, 0.1) is 43.7 Å². The quantitative estimate of drug-likeness (QED) is 0.0521. The van der Waals surface area contributed by atoms with Crippen molar-refractivity contribution >= 4 is 5.97 Å². The smallest absolute Gasteiger partial charge is 0.303 e. The second-order valence-electron chi connectivity index (χ2n) is 26.3. The Hall–Kier alpha value is -1.63. The molecular weight excluding hydrogens is 1040 g/mol. The van der Waals surface area contributed by atoms with Crippen LogP contribution in [0.1, 0.15) is 127 Å². The molecule has 0 amide bonds. The minimum atomic E-state index is -1.82. The maximum Gasteiger partial charge on any atom is 0.303 e. The second-order valence-corrected chi connectivity index (χ2v) is 26.3. The van der Waals surface area contributed by atoms with Crippen LogP contribution in [-0.4, -0.2) is 233 Å². The Morgan fingerprint density at radius 1 is 0.582 bits per heavy atom. The van der Waals surface area contributed by atoms with E-state index in [-0.39, 0.29) is 34.5 Å². The maximum absolute atomic E-state index is 13.0. The predicted octanol–water partition coefficient (Wildman–Crippen LogP) is -0.604. The highest BCUT2D eigenvalue weighted by Crippen LogP contribution is 2.76. The molecule has 30 unspecified atom stereocenters. The van der Waals surface area contributed by atoms with Gasteiger partial charge < -0.3 is 109 Å². The van der Waals surface area contributed by atoms with Crippen molar-refractivity contribution in [2.24, 2.45) is 45.3 Å². The number of aliphatic hydroxyl groups is 13. The summed E-state index contributed by atoms with van der Waals surface area (Å²) in [5, 5.41) is 143. The van der Waals surface area contributed by atoms with Gasteiger partial charge in [0, 0.05) is 6.92 Å². The zero-order valence-corrected chi connectivity index (χ0v) is 47.5. The van der Waals surface area contributed by atoms with Crippen LogP contribution in [0.5, 0.6) is 0 Å². The normalized spacial score (nSPS) is 51.5. The first-order chi connectivity index (χ1) is 36.9. The van der Waals surface area contributed by atoms with Crippen molar-refractivity contribution in [2.45, 2.75) is 268 Å². The number of esters is 1. The summed E-state index contributed by atoms with van der Waals surface area (Å²) in [5.41, 5.74) is -1.69. The molecular formula is C56H94O23. The average Bonchev–Trinajstić information content (AvgIpc) is 3.78. The summed E-state index contributed by atoms with van der Waals surface area (Å²) >= 11 is 0. The summed E-state index contributed by atoms with van der Waals surface area (Å²) in [6, 6.07) is 0. The lowest BCUT2D eigenvalue weighted by molar-refractivity contribution is -0.381. The van der Waals surface area contributed by atoms with Gasteiger partial charge in [0.15, 0.2) is 31.3 Å². The minimum absolute atomic E-state index is 0.0239. The summed E-state index contributed by atoms with van der Waals surface area (Å²) in [5.74, 6) is -1.31. The van der Waals surface area contributed by atoms with Crippen LogP contribution in [0.25, 0.3) is 0 Å². The molecule has 8 rings (SSSR count). The molecule has 0 bridgehead atoms. The summed E-state index contributed by atoms with van der Waals surface area (Å²) in [6.07, 6.45) is -24.4. The van der Waals surface area contributed by atoms with Crippen LogP contribution in [0, 0.1) is 45.3 Å². The van der Waals surface area contributed by atoms with Crippen LogP contribution < -0.4 is 0 Å². The van der Waals surface area contributed by atoms with Crippen LogP contribution in [0.3, 0.4) is 0 Å². The van der Waals surface area contributed by atoms with Crippen molar-refractivity contribution in [3.05, 3.63) is 11.6 Å². The van der Waals surface area contributed by atoms with Crippen LogP contribution in [0.15, 0.2) is 11.6 Å². The number of fused-ring (bicyclic) bond motifs is 5. The summed E-state index contributed by atoms with van der Waals surface area (Å²) in [7, 11) is 0. The zero-order valence-electron chi connectivity index (χ0n) is 47.5. The topological polar surface area (TPSA) is 363 Å². The molecule has 8 aliphatic rings. The van der Waals surface area contributed by atoms with E-state index in [2.05, 4.69) is 40.7 Å². The first kappa shape index (κ1) is 63.4. The number of allylic oxidation sites excluding steroid dienone is 2. The molecule has 23 heteroatoms. The van der Waals surface area contributed by atoms with Gasteiger partial charge in [-0.2, -0.15) is 0 Å². The standard InChI is InChI=1S/C56H94O23/c1-24(2)12-11-16-56(10,79-51-47(42(68)39(65)31(23-59)75-51)78-49-44(70)45(72-26(4)60)36(62)25(3)71-49)27-13-18-55(9)35(27)28(61)20-33-53(7)17-15-34(52(5,6)32(53)14-19-54(33,55)8)76-50-46(41(67)38(64)30(22-58)74-50)77-48-43(69)40(66)37(63)29(21-57)73-48/h12,25,27-51,57-59,61-70H,11,13-23H2,1-10H3. The molecule has 30 atom stereocenters. The van der Waals surface area contributed by atoms with E-state index < -0.39 is 177 Å². The van der Waals surface area contributed by atoms with Crippen LogP contribution >= 0.6 is 0 Å². The van der Waals surface area contributed by atoms with Gasteiger partial charge in [0.1, 0.15) is 85.5 Å². The molecule has 13 N–H and O–H groups in total. The molecule has 79 heavy (non-hydrogen) atoms. The zero-order chi connectivity index (χ0) is 58.2. The average molecular weight is 1140 g/mol. The Labute approximate surface area is 463 Å². The molecule has 0 aromatic rings. The third-order valence-electron chi connectivity index (χ3n) is 21.2. The molecule has 0 aromatic carbocycles. The highest BCUT2D eigenvalue weighted by atomic mass is 16.8. The molecule has 4 saturated heterocycles. The fourth-order valence-corrected chi connectivity index (χ4v) is 16.6. The molecule has 8 fully saturated rings.